The van der Waals surface area contributed by atoms with Gasteiger partial charge in [0, 0.05) is 11.1 Å². The van der Waals surface area contributed by atoms with Crippen LogP contribution in [0.3, 0.4) is 0 Å². The van der Waals surface area contributed by atoms with Gasteiger partial charge in [-0.05, 0) is 50.1 Å². The number of benzene rings is 1. The Morgan fingerprint density at radius 3 is 2.55 bits per heavy atom. The van der Waals surface area contributed by atoms with Gasteiger partial charge in [-0.2, -0.15) is 9.61 Å². The van der Waals surface area contributed by atoms with E-state index < -0.39 is 0 Å². The summed E-state index contributed by atoms with van der Waals surface area (Å²) < 4.78 is 15.0. The molecule has 0 amide bonds. The van der Waals surface area contributed by atoms with E-state index in [0.29, 0.717) is 22.2 Å². The maximum atomic E-state index is 13.4. The molecule has 0 unspecified atom stereocenters. The third-order valence-electron chi connectivity index (χ3n) is 3.45. The molecule has 0 saturated carbocycles. The molecule has 0 aliphatic carbocycles. The number of fused-ring (bicyclic) bond motifs is 1. The lowest BCUT2D eigenvalue weighted by Gasteiger charge is -2.05. The first-order chi connectivity index (χ1) is 9.49. The van der Waals surface area contributed by atoms with E-state index in [-0.39, 0.29) is 5.82 Å². The predicted octanol–water partition coefficient (Wildman–Crippen LogP) is 3.51. The van der Waals surface area contributed by atoms with Crippen LogP contribution in [0.5, 0.6) is 0 Å². The Balaban J connectivity index is 2.29. The number of rotatable bonds is 1. The molecule has 0 bridgehead atoms. The molecule has 1 aromatic carbocycles. The van der Waals surface area contributed by atoms with Crippen LogP contribution in [0.25, 0.3) is 17.0 Å². The smallest absolute Gasteiger partial charge is 0.185 e. The van der Waals surface area contributed by atoms with E-state index in [1.54, 1.807) is 23.6 Å². The van der Waals surface area contributed by atoms with E-state index in [1.807, 2.05) is 13.8 Å². The molecule has 0 radical (unpaired) electrons. The Morgan fingerprint density at radius 2 is 1.85 bits per heavy atom. The van der Waals surface area contributed by atoms with Gasteiger partial charge in [-0.1, -0.05) is 11.6 Å². The zero-order chi connectivity index (χ0) is 14.4. The van der Waals surface area contributed by atoms with Crippen molar-refractivity contribution in [2.24, 2.45) is 0 Å². The first-order valence-corrected chi connectivity index (χ1v) is 6.51. The third kappa shape index (κ3) is 1.86. The second-order valence-corrected chi connectivity index (χ2v) is 5.12. The van der Waals surface area contributed by atoms with E-state index in [1.165, 1.54) is 6.07 Å². The molecule has 0 fully saturated rings. The minimum atomic E-state index is -0.249. The van der Waals surface area contributed by atoms with Crippen LogP contribution in [0.1, 0.15) is 16.7 Å². The molecule has 2 heterocycles. The number of nitrogens with zero attached hydrogens (tertiary/aromatic N) is 4. The number of aromatic nitrogens is 4. The molecule has 0 saturated heterocycles. The van der Waals surface area contributed by atoms with Gasteiger partial charge < -0.3 is 0 Å². The quantitative estimate of drug-likeness (QED) is 0.689. The normalized spacial score (nSPS) is 11.2. The molecule has 0 N–H and O–H groups in total. The topological polar surface area (TPSA) is 43.1 Å². The van der Waals surface area contributed by atoms with Crippen molar-refractivity contribution in [1.82, 2.24) is 19.8 Å². The summed E-state index contributed by atoms with van der Waals surface area (Å²) >= 11 is 6.12. The van der Waals surface area contributed by atoms with Crippen molar-refractivity contribution in [1.29, 1.82) is 0 Å². The van der Waals surface area contributed by atoms with E-state index >= 15 is 0 Å². The van der Waals surface area contributed by atoms with Gasteiger partial charge in [0.1, 0.15) is 5.82 Å². The predicted molar refractivity (Wildman–Crippen MR) is 75.4 cm³/mol. The van der Waals surface area contributed by atoms with Crippen molar-refractivity contribution in [3.63, 3.8) is 0 Å². The summed E-state index contributed by atoms with van der Waals surface area (Å²) in [5, 5.41) is 13.0. The number of aryl methyl sites for hydroxylation is 2. The molecular formula is C14H12ClFN4. The maximum Gasteiger partial charge on any atom is 0.185 e. The first-order valence-electron chi connectivity index (χ1n) is 6.13. The van der Waals surface area contributed by atoms with E-state index in [4.69, 9.17) is 11.6 Å². The van der Waals surface area contributed by atoms with Crippen LogP contribution in [0, 0.1) is 26.6 Å². The van der Waals surface area contributed by atoms with Gasteiger partial charge in [0.15, 0.2) is 16.6 Å². The third-order valence-corrected chi connectivity index (χ3v) is 3.81. The van der Waals surface area contributed by atoms with Crippen LogP contribution in [0.2, 0.25) is 5.15 Å². The highest BCUT2D eigenvalue weighted by molar-refractivity contribution is 6.30. The van der Waals surface area contributed by atoms with Crippen LogP contribution in [-0.2, 0) is 0 Å². The largest absolute Gasteiger partial charge is 0.207 e. The fourth-order valence-electron chi connectivity index (χ4n) is 2.06. The van der Waals surface area contributed by atoms with E-state index in [9.17, 15) is 4.39 Å². The molecule has 0 atom stereocenters. The van der Waals surface area contributed by atoms with Gasteiger partial charge in [0.25, 0.3) is 0 Å². The molecule has 3 aromatic rings. The van der Waals surface area contributed by atoms with E-state index in [2.05, 4.69) is 15.3 Å². The maximum absolute atomic E-state index is 13.4. The summed E-state index contributed by atoms with van der Waals surface area (Å²) in [5.74, 6) is 0.300. The summed E-state index contributed by atoms with van der Waals surface area (Å²) in [5.41, 5.74) is 3.78. The minimum absolute atomic E-state index is 0.249. The van der Waals surface area contributed by atoms with Gasteiger partial charge in [0.2, 0.25) is 0 Å². The Hall–Kier alpha value is -2.01. The fourth-order valence-corrected chi connectivity index (χ4v) is 2.27. The van der Waals surface area contributed by atoms with Gasteiger partial charge in [0.05, 0.1) is 0 Å². The summed E-state index contributed by atoms with van der Waals surface area (Å²) in [6.45, 7) is 5.52. The van der Waals surface area contributed by atoms with Crippen molar-refractivity contribution in [3.8, 4) is 11.4 Å². The van der Waals surface area contributed by atoms with Gasteiger partial charge in [-0.25, -0.2) is 4.39 Å². The van der Waals surface area contributed by atoms with Crippen LogP contribution >= 0.6 is 11.6 Å². The summed E-state index contributed by atoms with van der Waals surface area (Å²) in [6.07, 6.45) is 0. The second-order valence-electron chi connectivity index (χ2n) is 4.76. The van der Waals surface area contributed by atoms with Crippen molar-refractivity contribution in [2.45, 2.75) is 20.8 Å². The molecule has 20 heavy (non-hydrogen) atoms. The van der Waals surface area contributed by atoms with Crippen LogP contribution in [0.4, 0.5) is 4.39 Å². The molecular weight excluding hydrogens is 279 g/mol. The number of hydrogen-bond donors (Lipinski definition) is 0. The van der Waals surface area contributed by atoms with Gasteiger partial charge in [-0.3, -0.25) is 0 Å². The Morgan fingerprint density at radius 1 is 1.10 bits per heavy atom. The first kappa shape index (κ1) is 13.0. The molecule has 0 spiro atoms. The standard InChI is InChI=1S/C14H12ClFN4/c1-7-6-10(4-5-11(7)16)14-18-17-13-9(3)8(2)12(15)19-20(13)14/h4-6H,1-3H3. The van der Waals surface area contributed by atoms with Crippen LogP contribution in [-0.4, -0.2) is 19.8 Å². The highest BCUT2D eigenvalue weighted by Gasteiger charge is 2.15. The molecule has 102 valence electrons. The SMILES string of the molecule is Cc1cc(-c2nnc3c(C)c(C)c(Cl)nn23)ccc1F. The van der Waals surface area contributed by atoms with Gasteiger partial charge >= 0.3 is 0 Å². The second kappa shape index (κ2) is 4.52. The fraction of sp³-hybridized carbons (Fsp3) is 0.214. The molecule has 4 nitrogen and oxygen atoms in total. The lowest BCUT2D eigenvalue weighted by Crippen LogP contribution is -2.00. The van der Waals surface area contributed by atoms with Crippen molar-refractivity contribution < 1.29 is 4.39 Å². The highest BCUT2D eigenvalue weighted by Crippen LogP contribution is 2.24. The summed E-state index contributed by atoms with van der Waals surface area (Å²) in [6, 6.07) is 4.79. The Labute approximate surface area is 120 Å². The minimum Gasteiger partial charge on any atom is -0.207 e. The number of hydrogen-bond acceptors (Lipinski definition) is 3. The zero-order valence-corrected chi connectivity index (χ0v) is 12.0. The Kier molecular flexibility index (Phi) is 2.94. The average Bonchev–Trinajstić information content (AvgIpc) is 2.83. The summed E-state index contributed by atoms with van der Waals surface area (Å²) in [4.78, 5) is 0. The lowest BCUT2D eigenvalue weighted by atomic mass is 10.1. The molecule has 0 aliphatic heterocycles. The average molecular weight is 291 g/mol. The van der Waals surface area contributed by atoms with Crippen molar-refractivity contribution >= 4 is 17.2 Å². The lowest BCUT2D eigenvalue weighted by molar-refractivity contribution is 0.618. The highest BCUT2D eigenvalue weighted by atomic mass is 35.5. The van der Waals surface area contributed by atoms with Crippen LogP contribution < -0.4 is 0 Å². The van der Waals surface area contributed by atoms with Crippen LogP contribution in [0.15, 0.2) is 18.2 Å². The molecule has 2 aromatic heterocycles. The molecule has 0 aliphatic rings. The molecule has 6 heteroatoms. The molecule has 3 rings (SSSR count). The van der Waals surface area contributed by atoms with Crippen molar-refractivity contribution in [3.05, 3.63) is 45.9 Å². The van der Waals surface area contributed by atoms with Gasteiger partial charge in [-0.15, -0.1) is 10.2 Å². The summed E-state index contributed by atoms with van der Waals surface area (Å²) in [7, 11) is 0. The Bertz CT molecular complexity index is 826. The number of halogens is 2. The van der Waals surface area contributed by atoms with Crippen molar-refractivity contribution in [2.75, 3.05) is 0 Å². The zero-order valence-electron chi connectivity index (χ0n) is 11.3. The monoisotopic (exact) mass is 290 g/mol. The van der Waals surface area contributed by atoms with E-state index in [0.717, 1.165) is 16.7 Å².